The average Bonchev–Trinajstić information content (AvgIpc) is 3.46. The maximum absolute atomic E-state index is 14.4. The van der Waals surface area contributed by atoms with Crippen LogP contribution >= 0.6 is 55.9 Å². The summed E-state index contributed by atoms with van der Waals surface area (Å²) in [5, 5.41) is 60.5. The van der Waals surface area contributed by atoms with E-state index in [2.05, 4.69) is 48.3 Å². The first-order valence-electron chi connectivity index (χ1n) is 27.2. The molecule has 81 heavy (non-hydrogen) atoms. The lowest BCUT2D eigenvalue weighted by Crippen LogP contribution is -2.65. The van der Waals surface area contributed by atoms with Crippen LogP contribution in [0.4, 0.5) is 0 Å². The molecule has 452 valence electrons. The second-order valence-corrected chi connectivity index (χ2v) is 26.1. The van der Waals surface area contributed by atoms with E-state index >= 15 is 0 Å². The minimum atomic E-state index is -1.80. The van der Waals surface area contributed by atoms with Crippen LogP contribution in [0.2, 0.25) is 0 Å². The Kier molecular flexibility index (Phi) is 24.4. The Labute approximate surface area is 500 Å². The summed E-state index contributed by atoms with van der Waals surface area (Å²) in [4.78, 5) is 34.3. The fraction of sp³-hybridized carbons (Fsp3) is 0.714. The number of ketones is 1. The molecule has 0 spiro atoms. The van der Waals surface area contributed by atoms with Crippen LogP contribution in [0.25, 0.3) is 0 Å². The van der Waals surface area contributed by atoms with Gasteiger partial charge in [-0.05, 0) is 74.9 Å². The molecule has 19 atom stereocenters. The molecule has 4 fully saturated rings. The van der Waals surface area contributed by atoms with Gasteiger partial charge in [-0.15, -0.1) is 0 Å². The van der Waals surface area contributed by atoms with E-state index < -0.39 is 108 Å². The molecule has 0 aromatic heterocycles. The fourth-order valence-corrected chi connectivity index (χ4v) is 14.2. The largest absolute Gasteiger partial charge is 0.492 e. The molecule has 2 bridgehead atoms. The van der Waals surface area contributed by atoms with Gasteiger partial charge in [-0.25, -0.2) is 0 Å². The van der Waals surface area contributed by atoms with Crippen molar-refractivity contribution >= 4 is 66.8 Å². The van der Waals surface area contributed by atoms with E-state index in [0.29, 0.717) is 56.2 Å². The number of carbonyl (C=O) groups is 2. The molecule has 6 aliphatic rings. The lowest BCUT2D eigenvalue weighted by Gasteiger charge is -2.46. The summed E-state index contributed by atoms with van der Waals surface area (Å²) in [5.41, 5.74) is 2.93. The molecule has 1 aromatic rings. The number of nitrogens with one attached hydrogen (secondary N) is 2. The van der Waals surface area contributed by atoms with Gasteiger partial charge in [0.1, 0.15) is 36.6 Å². The van der Waals surface area contributed by atoms with Crippen LogP contribution in [0, 0.1) is 34.2 Å². The van der Waals surface area contributed by atoms with Crippen LogP contribution in [-0.2, 0) is 47.5 Å². The minimum Gasteiger partial charge on any atom is -0.492 e. The number of hydrogen-bond acceptors (Lipinski definition) is 24. The van der Waals surface area contributed by atoms with Crippen molar-refractivity contribution in [2.75, 3.05) is 47.3 Å². The number of thioether (sulfide) groups is 1. The standard InChI is InChI=1S/C56H79IN2O19S3/c1-13-58-33-25-71-38(23-37(33)67-9)76-50-45(63)43(29(6)73-55(50)75-36-18-16-14-15-17-20-56(66)24-35(61)27(4)40(36)32(56)19-21-79-81-26(2)3)59-78-39-22-34(60)52(31(8)72-39)80-53(65)41-28(5)42(57)48(51(70-12)47(41)68-10)77-54-46(64)49(69-11)44(62)30(7)74-54/h19,26,29-31,33-34,36-39,43-46,49-50,52,54-55,58-60,62-64,66H,13-15,21-25H2,1-12H3/b32-19+/t29-,30+,31-,33+,34+,36+,37+,38+,39+,43-,44+,45+,46-,49-,50-,52-,54+,55+,56+/m1/s1. The maximum atomic E-state index is 14.4. The summed E-state index contributed by atoms with van der Waals surface area (Å²) in [7, 11) is 9.02. The van der Waals surface area contributed by atoms with E-state index in [9.17, 15) is 35.1 Å². The molecule has 4 aliphatic heterocycles. The smallest absolute Gasteiger partial charge is 0.229 e. The molecule has 0 unspecified atom stereocenters. The van der Waals surface area contributed by atoms with Crippen LogP contribution in [0.5, 0.6) is 17.2 Å². The van der Waals surface area contributed by atoms with E-state index in [1.807, 2.05) is 35.6 Å². The zero-order valence-electron chi connectivity index (χ0n) is 47.8. The number of Topliss-reactive ketones (excluding diaryl/α,β-unsaturated/α-hetero) is 1. The average molecular weight is 1310 g/mol. The Morgan fingerprint density at radius 1 is 0.877 bits per heavy atom. The fourth-order valence-electron chi connectivity index (χ4n) is 10.6. The monoisotopic (exact) mass is 1310 g/mol. The van der Waals surface area contributed by atoms with Crippen molar-refractivity contribution in [1.29, 1.82) is 0 Å². The van der Waals surface area contributed by atoms with Gasteiger partial charge in [-0.3, -0.25) is 14.4 Å². The Morgan fingerprint density at radius 2 is 1.59 bits per heavy atom. The maximum Gasteiger partial charge on any atom is 0.229 e. The van der Waals surface area contributed by atoms with Gasteiger partial charge in [0.05, 0.1) is 84.2 Å². The van der Waals surface area contributed by atoms with Gasteiger partial charge in [-0.2, -0.15) is 5.48 Å². The number of carbonyl (C=O) groups excluding carboxylic acids is 2. The van der Waals surface area contributed by atoms with Crippen molar-refractivity contribution in [2.24, 2.45) is 0 Å². The van der Waals surface area contributed by atoms with Crippen molar-refractivity contribution in [1.82, 2.24) is 10.8 Å². The van der Waals surface area contributed by atoms with E-state index in [0.717, 1.165) is 11.8 Å². The molecule has 21 nitrogen and oxygen atoms in total. The Balaban J connectivity index is 1.09. The van der Waals surface area contributed by atoms with E-state index in [1.54, 1.807) is 63.3 Å². The number of allylic oxidation sites excluding steroid dienone is 1. The molecule has 7 rings (SSSR count). The number of benzene rings is 1. The third kappa shape index (κ3) is 15.3. The van der Waals surface area contributed by atoms with Crippen LogP contribution in [-0.4, -0.2) is 204 Å². The number of halogens is 1. The molecule has 1 aromatic carbocycles. The third-order valence-corrected chi connectivity index (χ3v) is 20.4. The van der Waals surface area contributed by atoms with Crippen LogP contribution < -0.4 is 25.0 Å². The van der Waals surface area contributed by atoms with Gasteiger partial charge >= 0.3 is 0 Å². The third-order valence-electron chi connectivity index (χ3n) is 14.9. The lowest BCUT2D eigenvalue weighted by molar-refractivity contribution is -0.336. The molecule has 0 radical (unpaired) electrons. The SMILES string of the molecule is CCN[C@H]1CO[C@@H](O[C@H]2[C@H](O[C@H]3C#CCCC#C[C@]4(O)CC(=O)C(C)=C3/C4=C\CSSC(C)C)O[C@H](C)[C@@H](NO[C@H]3C[C@H](O)[C@H](SC(=O)c4c(C)c(I)c(O[C@@H]5O[C@@H](C)[C@H](O)[C@@H](OC)[C@H]5O)c(OC)c4OC)[C@@H](C)O3)[C@@H]2O)C[C@@H]1OC. The van der Waals surface area contributed by atoms with Crippen LogP contribution in [0.3, 0.4) is 0 Å². The summed E-state index contributed by atoms with van der Waals surface area (Å²) >= 11 is 2.87. The van der Waals surface area contributed by atoms with Crippen molar-refractivity contribution < 1.29 is 92.1 Å². The summed E-state index contributed by atoms with van der Waals surface area (Å²) in [6.07, 6.45) is -13.1. The highest BCUT2D eigenvalue weighted by Crippen LogP contribution is 2.49. The van der Waals surface area contributed by atoms with Gasteiger partial charge < -0.3 is 83.0 Å². The lowest BCUT2D eigenvalue weighted by atomic mass is 9.74. The van der Waals surface area contributed by atoms with E-state index in [-0.39, 0.29) is 66.6 Å². The predicted molar refractivity (Wildman–Crippen MR) is 311 cm³/mol. The first kappa shape index (κ1) is 66.2. The first-order valence-corrected chi connectivity index (χ1v) is 31.5. The van der Waals surface area contributed by atoms with Crippen molar-refractivity contribution in [2.45, 2.75) is 208 Å². The van der Waals surface area contributed by atoms with Gasteiger partial charge in [0, 0.05) is 62.1 Å². The van der Waals surface area contributed by atoms with E-state index in [1.165, 1.54) is 21.3 Å². The van der Waals surface area contributed by atoms with Crippen molar-refractivity contribution in [3.63, 3.8) is 0 Å². The minimum absolute atomic E-state index is 0.0479. The van der Waals surface area contributed by atoms with Gasteiger partial charge in [0.2, 0.25) is 17.2 Å². The molecule has 4 saturated heterocycles. The molecular formula is C56H79IN2O19S3. The summed E-state index contributed by atoms with van der Waals surface area (Å²) in [6.45, 7) is 15.5. The predicted octanol–water partition coefficient (Wildman–Crippen LogP) is 4.26. The summed E-state index contributed by atoms with van der Waals surface area (Å²) in [5.74, 6) is 12.8. The number of hydroxylamine groups is 1. The summed E-state index contributed by atoms with van der Waals surface area (Å²) < 4.78 is 67.9. The first-order chi connectivity index (χ1) is 38.6. The second kappa shape index (κ2) is 29.9. The van der Waals surface area contributed by atoms with E-state index in [4.69, 9.17) is 56.9 Å². The number of fused-ring (bicyclic) bond motifs is 2. The molecular weight excluding hydrogens is 1230 g/mol. The molecule has 4 heterocycles. The number of rotatable bonds is 21. The van der Waals surface area contributed by atoms with Crippen molar-refractivity contribution in [3.8, 4) is 40.9 Å². The Bertz CT molecular complexity index is 2550. The molecule has 25 heteroatoms. The Hall–Kier alpha value is -2.30. The van der Waals surface area contributed by atoms with Gasteiger partial charge in [0.15, 0.2) is 41.8 Å². The second-order valence-electron chi connectivity index (χ2n) is 20.8. The highest BCUT2D eigenvalue weighted by Gasteiger charge is 2.51. The number of methoxy groups -OCH3 is 4. The zero-order chi connectivity index (χ0) is 59.0. The summed E-state index contributed by atoms with van der Waals surface area (Å²) in [6, 6.07) is -1.12. The number of hydrogen-bond donors (Lipinski definition) is 7. The highest BCUT2D eigenvalue weighted by atomic mass is 127. The number of ether oxygens (including phenoxy) is 11. The molecule has 7 N–H and O–H groups in total. The topological polar surface area (TPSA) is 270 Å². The highest BCUT2D eigenvalue weighted by molar-refractivity contribution is 14.1. The number of likely N-dealkylation sites (N-methyl/N-ethyl adjacent to an activating group) is 1. The van der Waals surface area contributed by atoms with Gasteiger partial charge in [0.25, 0.3) is 0 Å². The van der Waals surface area contributed by atoms with Gasteiger partial charge in [-0.1, -0.05) is 83.9 Å². The normalized spacial score (nSPS) is 36.8. The zero-order valence-corrected chi connectivity index (χ0v) is 52.4. The molecule has 0 amide bonds. The molecule has 0 saturated carbocycles. The Morgan fingerprint density at radius 3 is 2.26 bits per heavy atom. The van der Waals surface area contributed by atoms with Crippen LogP contribution in [0.15, 0.2) is 22.8 Å². The number of aliphatic hydroxyl groups is 5. The number of aliphatic hydroxyl groups excluding tert-OH is 4. The van der Waals surface area contributed by atoms with Crippen molar-refractivity contribution in [3.05, 3.63) is 37.5 Å². The quantitative estimate of drug-likeness (QED) is 0.0298. The molecule has 2 aliphatic carbocycles. The van der Waals surface area contributed by atoms with Crippen LogP contribution in [0.1, 0.15) is 96.5 Å².